The molecule has 2 aliphatic heterocycles. The molecule has 2 heteroatoms. The Morgan fingerprint density at radius 1 is 1.12 bits per heavy atom. The second-order valence-corrected chi connectivity index (χ2v) is 6.25. The first kappa shape index (κ1) is 13.4. The third kappa shape index (κ3) is 2.85. The number of rotatable bonds is 5. The van der Waals surface area contributed by atoms with Crippen molar-refractivity contribution in [1.82, 2.24) is 10.2 Å². The summed E-state index contributed by atoms with van der Waals surface area (Å²) in [6, 6.07) is 3.19. The monoisotopic (exact) mass is 238 g/mol. The zero-order valence-corrected chi connectivity index (χ0v) is 12.1. The highest BCUT2D eigenvalue weighted by molar-refractivity contribution is 4.96. The highest BCUT2D eigenvalue weighted by atomic mass is 15.2. The van der Waals surface area contributed by atoms with E-state index in [1.54, 1.807) is 0 Å². The molecule has 2 aliphatic rings. The van der Waals surface area contributed by atoms with Crippen LogP contribution in [0.2, 0.25) is 0 Å². The zero-order valence-electron chi connectivity index (χ0n) is 12.1. The Hall–Kier alpha value is -0.0800. The molecule has 2 saturated heterocycles. The molecular formula is C15H30N2. The minimum Gasteiger partial charge on any atom is -0.311 e. The van der Waals surface area contributed by atoms with Crippen molar-refractivity contribution in [3.8, 4) is 0 Å². The zero-order chi connectivity index (χ0) is 12.4. The first-order chi connectivity index (χ1) is 8.15. The van der Waals surface area contributed by atoms with Crippen molar-refractivity contribution in [2.24, 2.45) is 5.92 Å². The highest BCUT2D eigenvalue weighted by Crippen LogP contribution is 2.34. The Balaban J connectivity index is 1.84. The van der Waals surface area contributed by atoms with Crippen LogP contribution < -0.4 is 5.32 Å². The fourth-order valence-corrected chi connectivity index (χ4v) is 4.05. The summed E-state index contributed by atoms with van der Waals surface area (Å²) < 4.78 is 0. The number of piperidine rings is 1. The van der Waals surface area contributed by atoms with Crippen molar-refractivity contribution in [3.05, 3.63) is 0 Å². The van der Waals surface area contributed by atoms with Gasteiger partial charge in [-0.05, 0) is 45.6 Å². The SMILES string of the molecule is CCC(CC)C(C)NC1CC2CCC(C1)N2C. The number of nitrogens with one attached hydrogen (secondary N) is 1. The van der Waals surface area contributed by atoms with Gasteiger partial charge in [0.05, 0.1) is 0 Å². The van der Waals surface area contributed by atoms with Crippen LogP contribution in [0.3, 0.4) is 0 Å². The van der Waals surface area contributed by atoms with Crippen LogP contribution in [0.4, 0.5) is 0 Å². The molecule has 0 aliphatic carbocycles. The van der Waals surface area contributed by atoms with Gasteiger partial charge in [0.25, 0.3) is 0 Å². The smallest absolute Gasteiger partial charge is 0.0111 e. The lowest BCUT2D eigenvalue weighted by atomic mass is 9.92. The molecule has 2 heterocycles. The van der Waals surface area contributed by atoms with Crippen LogP contribution in [0.1, 0.15) is 59.3 Å². The molecule has 3 unspecified atom stereocenters. The van der Waals surface area contributed by atoms with E-state index in [4.69, 9.17) is 0 Å². The van der Waals surface area contributed by atoms with Gasteiger partial charge < -0.3 is 10.2 Å². The highest BCUT2D eigenvalue weighted by Gasteiger charge is 2.38. The van der Waals surface area contributed by atoms with Crippen molar-refractivity contribution in [2.45, 2.75) is 83.5 Å². The fourth-order valence-electron chi connectivity index (χ4n) is 4.05. The topological polar surface area (TPSA) is 15.3 Å². The van der Waals surface area contributed by atoms with Crippen LogP contribution in [-0.4, -0.2) is 36.1 Å². The molecule has 0 amide bonds. The number of nitrogens with zero attached hydrogens (tertiary/aromatic N) is 1. The van der Waals surface area contributed by atoms with E-state index < -0.39 is 0 Å². The standard InChI is InChI=1S/C15H30N2/c1-5-12(6-2)11(3)16-13-9-14-7-8-15(10-13)17(14)4/h11-16H,5-10H2,1-4H3. The number of fused-ring (bicyclic) bond motifs is 2. The Morgan fingerprint density at radius 3 is 2.12 bits per heavy atom. The van der Waals surface area contributed by atoms with Gasteiger partial charge in [0, 0.05) is 24.2 Å². The molecule has 0 saturated carbocycles. The van der Waals surface area contributed by atoms with Crippen molar-refractivity contribution < 1.29 is 0 Å². The maximum atomic E-state index is 3.92. The van der Waals surface area contributed by atoms with Crippen molar-refractivity contribution in [1.29, 1.82) is 0 Å². The number of hydrogen-bond acceptors (Lipinski definition) is 2. The molecular weight excluding hydrogens is 208 g/mol. The first-order valence-electron chi connectivity index (χ1n) is 7.63. The van der Waals surface area contributed by atoms with E-state index in [0.29, 0.717) is 6.04 Å². The summed E-state index contributed by atoms with van der Waals surface area (Å²) in [4.78, 5) is 2.62. The van der Waals surface area contributed by atoms with E-state index in [2.05, 4.69) is 38.0 Å². The minimum absolute atomic E-state index is 0.692. The summed E-state index contributed by atoms with van der Waals surface area (Å²) in [7, 11) is 2.32. The predicted octanol–water partition coefficient (Wildman–Crippen LogP) is 3.03. The Morgan fingerprint density at radius 2 is 1.65 bits per heavy atom. The lowest BCUT2D eigenvalue weighted by Crippen LogP contribution is -2.50. The Bertz CT molecular complexity index is 223. The molecule has 0 radical (unpaired) electrons. The summed E-state index contributed by atoms with van der Waals surface area (Å²) >= 11 is 0. The molecule has 0 aromatic rings. The number of hydrogen-bond donors (Lipinski definition) is 1. The molecule has 3 atom stereocenters. The van der Waals surface area contributed by atoms with Gasteiger partial charge in [0.1, 0.15) is 0 Å². The molecule has 100 valence electrons. The normalized spacial score (nSPS) is 35.5. The van der Waals surface area contributed by atoms with Gasteiger partial charge in [-0.15, -0.1) is 0 Å². The van der Waals surface area contributed by atoms with Gasteiger partial charge in [0.2, 0.25) is 0 Å². The Labute approximate surface area is 107 Å². The molecule has 2 bridgehead atoms. The summed E-state index contributed by atoms with van der Waals surface area (Å²) in [5.74, 6) is 0.854. The van der Waals surface area contributed by atoms with E-state index >= 15 is 0 Å². The molecule has 2 rings (SSSR count). The second-order valence-electron chi connectivity index (χ2n) is 6.25. The van der Waals surface area contributed by atoms with Crippen LogP contribution in [0.25, 0.3) is 0 Å². The molecule has 0 aromatic carbocycles. The predicted molar refractivity (Wildman–Crippen MR) is 74.3 cm³/mol. The lowest BCUT2D eigenvalue weighted by molar-refractivity contribution is 0.137. The van der Waals surface area contributed by atoms with E-state index in [1.807, 2.05) is 0 Å². The lowest BCUT2D eigenvalue weighted by Gasteiger charge is -2.39. The minimum atomic E-state index is 0.692. The maximum absolute atomic E-state index is 3.92. The van der Waals surface area contributed by atoms with Crippen molar-refractivity contribution in [2.75, 3.05) is 7.05 Å². The Kier molecular flexibility index (Phi) is 4.48. The van der Waals surface area contributed by atoms with Crippen molar-refractivity contribution in [3.63, 3.8) is 0 Å². The average molecular weight is 238 g/mol. The average Bonchev–Trinajstić information content (AvgIpc) is 2.54. The molecule has 0 spiro atoms. The quantitative estimate of drug-likeness (QED) is 0.792. The first-order valence-corrected chi connectivity index (χ1v) is 7.63. The van der Waals surface area contributed by atoms with Gasteiger partial charge in [-0.3, -0.25) is 0 Å². The summed E-state index contributed by atoms with van der Waals surface area (Å²) in [6.07, 6.45) is 8.22. The largest absolute Gasteiger partial charge is 0.311 e. The molecule has 1 N–H and O–H groups in total. The van der Waals surface area contributed by atoms with E-state index in [1.165, 1.54) is 38.5 Å². The van der Waals surface area contributed by atoms with Crippen LogP contribution in [-0.2, 0) is 0 Å². The second kappa shape index (κ2) is 5.71. The fraction of sp³-hybridized carbons (Fsp3) is 1.00. The van der Waals surface area contributed by atoms with Crippen LogP contribution >= 0.6 is 0 Å². The third-order valence-electron chi connectivity index (χ3n) is 5.35. The van der Waals surface area contributed by atoms with Gasteiger partial charge >= 0.3 is 0 Å². The van der Waals surface area contributed by atoms with Gasteiger partial charge in [-0.1, -0.05) is 26.7 Å². The van der Waals surface area contributed by atoms with E-state index in [9.17, 15) is 0 Å². The van der Waals surface area contributed by atoms with E-state index in [-0.39, 0.29) is 0 Å². The van der Waals surface area contributed by atoms with Gasteiger partial charge in [-0.25, -0.2) is 0 Å². The van der Waals surface area contributed by atoms with Crippen LogP contribution in [0.15, 0.2) is 0 Å². The van der Waals surface area contributed by atoms with Gasteiger partial charge in [0.15, 0.2) is 0 Å². The van der Waals surface area contributed by atoms with Crippen molar-refractivity contribution >= 4 is 0 Å². The maximum Gasteiger partial charge on any atom is 0.0111 e. The summed E-state index contributed by atoms with van der Waals surface area (Å²) in [6.45, 7) is 7.03. The molecule has 2 nitrogen and oxygen atoms in total. The summed E-state index contributed by atoms with van der Waals surface area (Å²) in [5, 5.41) is 3.92. The van der Waals surface area contributed by atoms with Gasteiger partial charge in [-0.2, -0.15) is 0 Å². The van der Waals surface area contributed by atoms with E-state index in [0.717, 1.165) is 24.0 Å². The molecule has 17 heavy (non-hydrogen) atoms. The summed E-state index contributed by atoms with van der Waals surface area (Å²) in [5.41, 5.74) is 0. The van der Waals surface area contributed by atoms with Crippen LogP contribution in [0, 0.1) is 5.92 Å². The molecule has 0 aromatic heterocycles. The molecule has 2 fully saturated rings. The van der Waals surface area contributed by atoms with Crippen LogP contribution in [0.5, 0.6) is 0 Å². The third-order valence-corrected chi connectivity index (χ3v) is 5.35.